The summed E-state index contributed by atoms with van der Waals surface area (Å²) in [6, 6.07) is 9.71. The summed E-state index contributed by atoms with van der Waals surface area (Å²) in [4.78, 5) is 73.8. The van der Waals surface area contributed by atoms with E-state index in [4.69, 9.17) is 20.3 Å². The summed E-state index contributed by atoms with van der Waals surface area (Å²) in [5.74, 6) is -1.52. The van der Waals surface area contributed by atoms with Crippen LogP contribution >= 0.6 is 0 Å². The van der Waals surface area contributed by atoms with Crippen LogP contribution in [-0.4, -0.2) is 80.6 Å². The maximum Gasteiger partial charge on any atom is 0.437 e. The highest BCUT2D eigenvalue weighted by Crippen LogP contribution is 2.14. The van der Waals surface area contributed by atoms with E-state index in [9.17, 15) is 39.4 Å². The van der Waals surface area contributed by atoms with Crippen molar-refractivity contribution in [3.63, 3.8) is 0 Å². The Balaban J connectivity index is 1.65. The number of nitro groups is 2. The van der Waals surface area contributed by atoms with E-state index in [2.05, 4.69) is 10.3 Å². The van der Waals surface area contributed by atoms with Gasteiger partial charge < -0.3 is 30.5 Å². The fourth-order valence-corrected chi connectivity index (χ4v) is 3.36. The van der Waals surface area contributed by atoms with Crippen LogP contribution in [0, 0.1) is 20.2 Å². The number of ether oxygens (including phenoxy) is 2. The van der Waals surface area contributed by atoms with Crippen molar-refractivity contribution in [2.75, 3.05) is 19.6 Å². The van der Waals surface area contributed by atoms with Crippen LogP contribution in [0.3, 0.4) is 0 Å². The number of aliphatic imine (C=N–C) groups is 1. The van der Waals surface area contributed by atoms with E-state index in [0.29, 0.717) is 16.0 Å². The van der Waals surface area contributed by atoms with Gasteiger partial charge in [-0.05, 0) is 35.4 Å². The van der Waals surface area contributed by atoms with Crippen molar-refractivity contribution in [1.82, 2.24) is 15.1 Å². The van der Waals surface area contributed by atoms with Gasteiger partial charge >= 0.3 is 18.3 Å². The molecular formula is C23H23N7O11. The normalized spacial score (nSPS) is 13.0. The minimum absolute atomic E-state index is 0.0319. The van der Waals surface area contributed by atoms with Crippen LogP contribution in [0.4, 0.5) is 25.8 Å². The minimum Gasteiger partial charge on any atom is -0.465 e. The predicted octanol–water partition coefficient (Wildman–Crippen LogP) is 1.57. The van der Waals surface area contributed by atoms with Gasteiger partial charge in [0, 0.05) is 37.4 Å². The molecule has 41 heavy (non-hydrogen) atoms. The van der Waals surface area contributed by atoms with E-state index >= 15 is 0 Å². The summed E-state index contributed by atoms with van der Waals surface area (Å²) in [5.41, 5.74) is 6.23. The maximum atomic E-state index is 12.8. The third-order valence-electron chi connectivity index (χ3n) is 5.54. The molecule has 0 radical (unpaired) electrons. The van der Waals surface area contributed by atoms with Crippen LogP contribution in [0.15, 0.2) is 53.5 Å². The Morgan fingerprint density at radius 1 is 0.951 bits per heavy atom. The molecule has 1 heterocycles. The number of likely N-dealkylation sites (tertiary alicyclic amines) is 1. The standard InChI is InChI=1S/C23H23N7O11/c24-20(26-21(32)40-12-14-1-5-17(6-2-14)29(36)37)28(11-19(31)25-16-9-27(10-16)22(33)34)23(35)41-13-15-3-7-18(8-4-15)30(38)39/h1-8,16H,9-13H2,(H,25,31)(H,33,34)(H2,24,26,32). The summed E-state index contributed by atoms with van der Waals surface area (Å²) in [6.45, 7) is -1.40. The lowest BCUT2D eigenvalue weighted by molar-refractivity contribution is -0.385. The van der Waals surface area contributed by atoms with Crippen LogP contribution in [0.1, 0.15) is 11.1 Å². The van der Waals surface area contributed by atoms with Crippen LogP contribution in [0.5, 0.6) is 0 Å². The van der Waals surface area contributed by atoms with Gasteiger partial charge in [-0.25, -0.2) is 19.3 Å². The Morgan fingerprint density at radius 3 is 1.90 bits per heavy atom. The summed E-state index contributed by atoms with van der Waals surface area (Å²) >= 11 is 0. The molecule has 1 saturated heterocycles. The fraction of sp³-hybridized carbons (Fsp3) is 0.261. The molecule has 0 unspecified atom stereocenters. The van der Waals surface area contributed by atoms with Gasteiger partial charge in [-0.3, -0.25) is 25.0 Å². The van der Waals surface area contributed by atoms with Gasteiger partial charge in [0.25, 0.3) is 11.4 Å². The molecule has 4 N–H and O–H groups in total. The molecule has 1 aliphatic rings. The predicted molar refractivity (Wildman–Crippen MR) is 136 cm³/mol. The van der Waals surface area contributed by atoms with E-state index < -0.39 is 52.6 Å². The number of nitrogens with zero attached hydrogens (tertiary/aromatic N) is 5. The molecule has 18 heteroatoms. The number of nitro benzene ring substituents is 2. The van der Waals surface area contributed by atoms with E-state index in [1.54, 1.807) is 0 Å². The van der Waals surface area contributed by atoms with Gasteiger partial charge in [-0.2, -0.15) is 0 Å². The van der Waals surface area contributed by atoms with Crippen molar-refractivity contribution in [2.24, 2.45) is 10.7 Å². The Morgan fingerprint density at radius 2 is 1.44 bits per heavy atom. The van der Waals surface area contributed by atoms with Crippen LogP contribution < -0.4 is 11.1 Å². The molecule has 1 aliphatic heterocycles. The largest absolute Gasteiger partial charge is 0.465 e. The molecule has 0 saturated carbocycles. The number of nitrogens with one attached hydrogen (secondary N) is 1. The number of non-ortho nitro benzene ring substituents is 2. The lowest BCUT2D eigenvalue weighted by atomic mass is 10.1. The maximum absolute atomic E-state index is 12.8. The van der Waals surface area contributed by atoms with Crippen molar-refractivity contribution in [3.05, 3.63) is 79.9 Å². The lowest BCUT2D eigenvalue weighted by Crippen LogP contribution is -2.62. The first-order chi connectivity index (χ1) is 19.4. The second-order valence-corrected chi connectivity index (χ2v) is 8.46. The number of carboxylic acid groups (broad SMARTS) is 1. The van der Waals surface area contributed by atoms with Crippen LogP contribution in [0.25, 0.3) is 0 Å². The Labute approximate surface area is 230 Å². The average molecular weight is 573 g/mol. The zero-order valence-electron chi connectivity index (χ0n) is 21.1. The van der Waals surface area contributed by atoms with Gasteiger partial charge in [-0.15, -0.1) is 4.99 Å². The number of carbonyl (C=O) groups is 4. The van der Waals surface area contributed by atoms with Gasteiger partial charge in [0.15, 0.2) is 0 Å². The molecular weight excluding hydrogens is 550 g/mol. The topological polar surface area (TPSA) is 250 Å². The molecule has 0 bridgehead atoms. The van der Waals surface area contributed by atoms with E-state index in [1.165, 1.54) is 48.5 Å². The van der Waals surface area contributed by atoms with E-state index in [0.717, 1.165) is 4.90 Å². The second-order valence-electron chi connectivity index (χ2n) is 8.46. The van der Waals surface area contributed by atoms with Gasteiger partial charge in [0.2, 0.25) is 11.9 Å². The number of amides is 4. The van der Waals surface area contributed by atoms with Crippen LogP contribution in [-0.2, 0) is 27.5 Å². The number of hydrogen-bond donors (Lipinski definition) is 3. The van der Waals surface area contributed by atoms with Gasteiger partial charge in [0.05, 0.1) is 15.9 Å². The molecule has 0 atom stereocenters. The molecule has 216 valence electrons. The fourth-order valence-electron chi connectivity index (χ4n) is 3.36. The number of rotatable bonds is 9. The first-order valence-corrected chi connectivity index (χ1v) is 11.6. The highest BCUT2D eigenvalue weighted by Gasteiger charge is 2.32. The molecule has 3 rings (SSSR count). The van der Waals surface area contributed by atoms with Crippen LogP contribution in [0.2, 0.25) is 0 Å². The van der Waals surface area contributed by atoms with Crippen molar-refractivity contribution >= 4 is 41.5 Å². The number of benzene rings is 2. The van der Waals surface area contributed by atoms with Crippen molar-refractivity contribution in [2.45, 2.75) is 19.3 Å². The molecule has 0 aliphatic carbocycles. The summed E-state index contributed by atoms with van der Waals surface area (Å²) in [5, 5.41) is 33.0. The highest BCUT2D eigenvalue weighted by molar-refractivity contribution is 6.00. The third-order valence-corrected chi connectivity index (χ3v) is 5.54. The van der Waals surface area contributed by atoms with Gasteiger partial charge in [-0.1, -0.05) is 0 Å². The third kappa shape index (κ3) is 8.60. The van der Waals surface area contributed by atoms with E-state index in [1.807, 2.05) is 0 Å². The smallest absolute Gasteiger partial charge is 0.437 e. The monoisotopic (exact) mass is 573 g/mol. The molecule has 1 fully saturated rings. The Hall–Kier alpha value is -5.81. The number of carbonyl (C=O) groups excluding carboxylic acids is 3. The summed E-state index contributed by atoms with van der Waals surface area (Å²) < 4.78 is 10.1. The number of nitrogens with two attached hydrogens (primary N) is 1. The lowest BCUT2D eigenvalue weighted by Gasteiger charge is -2.37. The minimum atomic E-state index is -1.24. The van der Waals surface area contributed by atoms with Crippen molar-refractivity contribution in [3.8, 4) is 0 Å². The first-order valence-electron chi connectivity index (χ1n) is 11.6. The molecule has 0 aromatic heterocycles. The summed E-state index contributed by atoms with van der Waals surface area (Å²) in [7, 11) is 0. The average Bonchev–Trinajstić information content (AvgIpc) is 2.91. The Kier molecular flexibility index (Phi) is 9.66. The van der Waals surface area contributed by atoms with Gasteiger partial charge in [0.1, 0.15) is 19.8 Å². The Bertz CT molecular complexity index is 1360. The summed E-state index contributed by atoms with van der Waals surface area (Å²) in [6.07, 6.45) is -3.59. The molecule has 18 nitrogen and oxygen atoms in total. The van der Waals surface area contributed by atoms with Crippen molar-refractivity contribution < 1.29 is 43.6 Å². The SMILES string of the molecule is NC(=NC(=O)OCc1ccc([N+](=O)[O-])cc1)N(CC(=O)NC1CN(C(=O)O)C1)C(=O)OCc1ccc([N+](=O)[O-])cc1. The second kappa shape index (κ2) is 13.3. The molecule has 4 amide bonds. The van der Waals surface area contributed by atoms with E-state index in [-0.39, 0.29) is 37.7 Å². The zero-order chi connectivity index (χ0) is 30.1. The quantitative estimate of drug-likeness (QED) is 0.167. The molecule has 2 aromatic rings. The number of hydrogen-bond acceptors (Lipinski definition) is 10. The number of guanidine groups is 1. The first kappa shape index (κ1) is 29.7. The molecule has 2 aromatic carbocycles. The highest BCUT2D eigenvalue weighted by atomic mass is 16.6. The zero-order valence-corrected chi connectivity index (χ0v) is 21.1. The molecule has 0 spiro atoms. The van der Waals surface area contributed by atoms with Crippen molar-refractivity contribution in [1.29, 1.82) is 0 Å².